The maximum atomic E-state index is 13.4. The molecule has 1 aliphatic rings. The molecule has 1 aromatic rings. The van der Waals surface area contributed by atoms with E-state index in [0.717, 1.165) is 0 Å². The van der Waals surface area contributed by atoms with Gasteiger partial charge in [-0.2, -0.15) is 0 Å². The van der Waals surface area contributed by atoms with E-state index in [1.807, 2.05) is 0 Å². The van der Waals surface area contributed by atoms with Gasteiger partial charge in [0.15, 0.2) is 0 Å². The number of hydrogen-bond donors (Lipinski definition) is 2. The summed E-state index contributed by atoms with van der Waals surface area (Å²) in [7, 11) is 0. The van der Waals surface area contributed by atoms with Gasteiger partial charge < -0.3 is 14.7 Å². The maximum absolute atomic E-state index is 13.4. The average molecular weight is 296 g/mol. The van der Waals surface area contributed by atoms with Gasteiger partial charge in [0, 0.05) is 5.56 Å². The Morgan fingerprint density at radius 2 is 1.95 bits per heavy atom. The van der Waals surface area contributed by atoms with Crippen LogP contribution in [-0.4, -0.2) is 36.4 Å². The summed E-state index contributed by atoms with van der Waals surface area (Å²) in [5, 5.41) is 10.1. The lowest BCUT2D eigenvalue weighted by molar-refractivity contribution is -0.954. The molecule has 21 heavy (non-hydrogen) atoms. The smallest absolute Gasteiger partial charge is 0.128 e. The molecule has 0 amide bonds. The topological polar surface area (TPSA) is 33.9 Å². The van der Waals surface area contributed by atoms with E-state index in [1.165, 1.54) is 30.2 Å². The molecule has 1 aliphatic heterocycles. The van der Waals surface area contributed by atoms with Crippen molar-refractivity contribution < 1.29 is 19.1 Å². The largest absolute Gasteiger partial charge is 0.385 e. The summed E-state index contributed by atoms with van der Waals surface area (Å²) < 4.78 is 18.9. The average Bonchev–Trinajstić information content (AvgIpc) is 2.45. The van der Waals surface area contributed by atoms with E-state index in [2.05, 4.69) is 13.8 Å². The van der Waals surface area contributed by atoms with E-state index in [1.54, 1.807) is 18.2 Å². The summed E-state index contributed by atoms with van der Waals surface area (Å²) in [6.45, 7) is 5.68. The molecule has 1 aromatic carbocycles. The highest BCUT2D eigenvalue weighted by Gasteiger charge is 2.30. The minimum absolute atomic E-state index is 0.212. The highest BCUT2D eigenvalue weighted by Crippen LogP contribution is 2.09. The SMILES string of the molecule is C[C@@H]1CCC[C@@H](C)[NH+]1C[C@H](O)COCc1ccccc1F. The second kappa shape index (κ2) is 7.87. The van der Waals surface area contributed by atoms with Gasteiger partial charge >= 0.3 is 0 Å². The number of hydrogen-bond acceptors (Lipinski definition) is 2. The van der Waals surface area contributed by atoms with Gasteiger partial charge in [-0.15, -0.1) is 0 Å². The third-order valence-corrected chi connectivity index (χ3v) is 4.54. The highest BCUT2D eigenvalue weighted by atomic mass is 19.1. The van der Waals surface area contributed by atoms with Crippen LogP contribution in [0, 0.1) is 5.82 Å². The zero-order valence-electron chi connectivity index (χ0n) is 13.0. The van der Waals surface area contributed by atoms with Crippen molar-refractivity contribution in [1.29, 1.82) is 0 Å². The van der Waals surface area contributed by atoms with Crippen LogP contribution in [0.2, 0.25) is 0 Å². The first-order chi connectivity index (χ1) is 10.1. The van der Waals surface area contributed by atoms with Crippen molar-refractivity contribution in [3.8, 4) is 0 Å². The first-order valence-corrected chi connectivity index (χ1v) is 7.92. The van der Waals surface area contributed by atoms with Crippen LogP contribution in [-0.2, 0) is 11.3 Å². The van der Waals surface area contributed by atoms with Gasteiger partial charge in [-0.1, -0.05) is 18.2 Å². The lowest BCUT2D eigenvalue weighted by Gasteiger charge is -2.36. The Kier molecular flexibility index (Phi) is 6.15. The summed E-state index contributed by atoms with van der Waals surface area (Å²) in [6, 6.07) is 7.78. The number of likely N-dealkylation sites (tertiary alicyclic amines) is 1. The fourth-order valence-electron chi connectivity index (χ4n) is 3.24. The van der Waals surface area contributed by atoms with E-state index in [9.17, 15) is 9.50 Å². The molecule has 0 saturated carbocycles. The molecule has 3 nitrogen and oxygen atoms in total. The Bertz CT molecular complexity index is 431. The van der Waals surface area contributed by atoms with Crippen molar-refractivity contribution in [3.05, 3.63) is 35.6 Å². The van der Waals surface area contributed by atoms with Crippen molar-refractivity contribution in [2.75, 3.05) is 13.2 Å². The van der Waals surface area contributed by atoms with Gasteiger partial charge in [0.25, 0.3) is 0 Å². The third kappa shape index (κ3) is 4.77. The first kappa shape index (κ1) is 16.4. The molecule has 0 aromatic heterocycles. The molecule has 0 bridgehead atoms. The van der Waals surface area contributed by atoms with E-state index in [0.29, 0.717) is 24.2 Å². The Hall–Kier alpha value is -0.970. The van der Waals surface area contributed by atoms with E-state index >= 15 is 0 Å². The molecule has 2 N–H and O–H groups in total. The van der Waals surface area contributed by atoms with Crippen LogP contribution in [0.5, 0.6) is 0 Å². The lowest BCUT2D eigenvalue weighted by Crippen LogP contribution is -3.20. The van der Waals surface area contributed by atoms with Crippen LogP contribution in [0.4, 0.5) is 4.39 Å². The van der Waals surface area contributed by atoms with Crippen LogP contribution in [0.15, 0.2) is 24.3 Å². The number of halogens is 1. The van der Waals surface area contributed by atoms with E-state index in [-0.39, 0.29) is 19.0 Å². The molecule has 118 valence electrons. The predicted molar refractivity (Wildman–Crippen MR) is 80.7 cm³/mol. The molecular formula is C17H27FNO2+. The third-order valence-electron chi connectivity index (χ3n) is 4.54. The molecule has 0 unspecified atom stereocenters. The molecule has 4 heteroatoms. The zero-order valence-corrected chi connectivity index (χ0v) is 13.0. The number of aliphatic hydroxyl groups excluding tert-OH is 1. The number of piperidine rings is 1. The summed E-state index contributed by atoms with van der Waals surface area (Å²) >= 11 is 0. The Labute approximate surface area is 126 Å². The van der Waals surface area contributed by atoms with Gasteiger partial charge in [0.2, 0.25) is 0 Å². The van der Waals surface area contributed by atoms with Crippen molar-refractivity contribution in [2.24, 2.45) is 0 Å². The van der Waals surface area contributed by atoms with Crippen molar-refractivity contribution in [2.45, 2.75) is 57.9 Å². The van der Waals surface area contributed by atoms with Crippen LogP contribution in [0.25, 0.3) is 0 Å². The molecule has 1 saturated heterocycles. The Morgan fingerprint density at radius 1 is 1.29 bits per heavy atom. The fourth-order valence-corrected chi connectivity index (χ4v) is 3.24. The molecule has 1 heterocycles. The molecule has 1 fully saturated rings. The molecule has 0 aliphatic carbocycles. The van der Waals surface area contributed by atoms with Gasteiger partial charge in [-0.25, -0.2) is 4.39 Å². The van der Waals surface area contributed by atoms with Gasteiger partial charge in [0.1, 0.15) is 18.5 Å². The number of benzene rings is 1. The van der Waals surface area contributed by atoms with Crippen LogP contribution in [0.3, 0.4) is 0 Å². The molecule has 0 radical (unpaired) electrons. The monoisotopic (exact) mass is 296 g/mol. The summed E-state index contributed by atoms with van der Waals surface area (Å²) in [4.78, 5) is 1.46. The Balaban J connectivity index is 1.74. The zero-order chi connectivity index (χ0) is 15.2. The molecule has 0 spiro atoms. The molecular weight excluding hydrogens is 269 g/mol. The highest BCUT2D eigenvalue weighted by molar-refractivity contribution is 5.16. The predicted octanol–water partition coefficient (Wildman–Crippen LogP) is 1.55. The van der Waals surface area contributed by atoms with Crippen molar-refractivity contribution >= 4 is 0 Å². The molecule has 3 atom stereocenters. The second-order valence-corrected chi connectivity index (χ2v) is 6.27. The second-order valence-electron chi connectivity index (χ2n) is 6.27. The summed E-state index contributed by atoms with van der Waals surface area (Å²) in [6.07, 6.45) is 3.24. The first-order valence-electron chi connectivity index (χ1n) is 7.92. The number of rotatable bonds is 6. The van der Waals surface area contributed by atoms with E-state index < -0.39 is 6.10 Å². The molecule has 2 rings (SSSR count). The van der Waals surface area contributed by atoms with Gasteiger partial charge in [0.05, 0.1) is 25.3 Å². The van der Waals surface area contributed by atoms with Crippen molar-refractivity contribution in [1.82, 2.24) is 0 Å². The van der Waals surface area contributed by atoms with Crippen LogP contribution < -0.4 is 4.90 Å². The number of quaternary nitrogens is 1. The lowest BCUT2D eigenvalue weighted by atomic mass is 9.97. The van der Waals surface area contributed by atoms with E-state index in [4.69, 9.17) is 4.74 Å². The minimum atomic E-state index is -0.491. The normalized spacial score (nSPS) is 25.0. The standard InChI is InChI=1S/C17H26FNO2/c1-13-6-5-7-14(2)19(13)10-16(20)12-21-11-15-8-3-4-9-17(15)18/h3-4,8-9,13-14,16,20H,5-7,10-12H2,1-2H3/p+1/t13-,14-,16+/m1/s1. The summed E-state index contributed by atoms with van der Waals surface area (Å²) in [5.41, 5.74) is 0.539. The fraction of sp³-hybridized carbons (Fsp3) is 0.647. The van der Waals surface area contributed by atoms with Crippen LogP contribution >= 0.6 is 0 Å². The van der Waals surface area contributed by atoms with Gasteiger partial charge in [-0.3, -0.25) is 0 Å². The number of nitrogens with one attached hydrogen (secondary N) is 1. The van der Waals surface area contributed by atoms with Crippen LogP contribution in [0.1, 0.15) is 38.7 Å². The number of ether oxygens (including phenoxy) is 1. The quantitative estimate of drug-likeness (QED) is 0.835. The number of aliphatic hydroxyl groups is 1. The minimum Gasteiger partial charge on any atom is -0.385 e. The Morgan fingerprint density at radius 3 is 2.62 bits per heavy atom. The van der Waals surface area contributed by atoms with Gasteiger partial charge in [-0.05, 0) is 39.2 Å². The van der Waals surface area contributed by atoms with Crippen molar-refractivity contribution in [3.63, 3.8) is 0 Å². The summed E-state index contributed by atoms with van der Waals surface area (Å²) in [5.74, 6) is -0.254. The maximum Gasteiger partial charge on any atom is 0.128 e.